The summed E-state index contributed by atoms with van der Waals surface area (Å²) in [6.45, 7) is 3.43. The van der Waals surface area contributed by atoms with Crippen LogP contribution in [0.4, 0.5) is 10.5 Å². The van der Waals surface area contributed by atoms with Crippen molar-refractivity contribution in [2.45, 2.75) is 26.6 Å². The maximum absolute atomic E-state index is 12.6. The van der Waals surface area contributed by atoms with E-state index in [2.05, 4.69) is 10.4 Å². The minimum Gasteiger partial charge on any atom is -0.444 e. The van der Waals surface area contributed by atoms with Crippen LogP contribution >= 0.6 is 23.7 Å². The van der Waals surface area contributed by atoms with Crippen molar-refractivity contribution >= 4 is 35.5 Å². The van der Waals surface area contributed by atoms with Crippen LogP contribution in [0.2, 0.25) is 0 Å². The molecule has 1 aromatic carbocycles. The van der Waals surface area contributed by atoms with Gasteiger partial charge in [0.05, 0.1) is 18.8 Å². The summed E-state index contributed by atoms with van der Waals surface area (Å²) in [7, 11) is 0. The lowest BCUT2D eigenvalue weighted by molar-refractivity contribution is 0.151. The highest BCUT2D eigenvalue weighted by atomic mass is 35.5. The van der Waals surface area contributed by atoms with Gasteiger partial charge in [-0.05, 0) is 36.3 Å². The maximum atomic E-state index is 12.6. The Labute approximate surface area is 183 Å². The number of cyclic esters (lactones) is 1. The van der Waals surface area contributed by atoms with Gasteiger partial charge in [-0.1, -0.05) is 18.2 Å². The number of carbonyl (C=O) groups excluding carboxylic acids is 1. The van der Waals surface area contributed by atoms with Crippen LogP contribution in [0.25, 0.3) is 10.4 Å². The van der Waals surface area contributed by atoms with Crippen molar-refractivity contribution in [3.8, 4) is 10.4 Å². The molecule has 3 heterocycles. The van der Waals surface area contributed by atoms with Gasteiger partial charge in [-0.25, -0.2) is 14.3 Å². The molecule has 4 rings (SSSR count). The number of anilines is 1. The van der Waals surface area contributed by atoms with Gasteiger partial charge < -0.3 is 10.5 Å². The lowest BCUT2D eigenvalue weighted by atomic mass is 10.1. The molecule has 158 valence electrons. The van der Waals surface area contributed by atoms with E-state index in [1.165, 1.54) is 4.68 Å². The highest BCUT2D eigenvalue weighted by Crippen LogP contribution is 2.33. The average Bonchev–Trinajstić information content (AvgIpc) is 3.33. The van der Waals surface area contributed by atoms with Crippen LogP contribution in [0.3, 0.4) is 0 Å². The van der Waals surface area contributed by atoms with Crippen molar-refractivity contribution in [3.05, 3.63) is 69.2 Å². The number of nitrogens with zero attached hydrogens (tertiary/aromatic N) is 3. The van der Waals surface area contributed by atoms with Gasteiger partial charge in [-0.3, -0.25) is 9.88 Å². The number of allylic oxidation sites excluding steroid dienone is 1. The fourth-order valence-electron chi connectivity index (χ4n) is 3.10. The smallest absolute Gasteiger partial charge is 0.411 e. The molecule has 8 nitrogen and oxygen atoms in total. The van der Waals surface area contributed by atoms with Gasteiger partial charge in [0.1, 0.15) is 12.9 Å². The normalized spacial score (nSPS) is 13.3. The van der Waals surface area contributed by atoms with E-state index in [1.807, 2.05) is 43.3 Å². The highest BCUT2D eigenvalue weighted by molar-refractivity contribution is 7.15. The zero-order chi connectivity index (χ0) is 20.4. The Hall–Kier alpha value is -2.88. The molecule has 3 N–H and O–H groups in total. The highest BCUT2D eigenvalue weighted by Gasteiger charge is 2.16. The zero-order valence-electron chi connectivity index (χ0n) is 16.3. The van der Waals surface area contributed by atoms with Crippen molar-refractivity contribution in [1.29, 1.82) is 0 Å². The number of rotatable bonds is 6. The van der Waals surface area contributed by atoms with E-state index in [0.717, 1.165) is 32.1 Å². The topological polar surface area (TPSA) is 104 Å². The molecule has 1 amide bonds. The third-order valence-electron chi connectivity index (χ3n) is 4.80. The number of nitrogens with one attached hydrogen (secondary N) is 1. The van der Waals surface area contributed by atoms with Gasteiger partial charge in [0.25, 0.3) is 0 Å². The van der Waals surface area contributed by atoms with Crippen molar-refractivity contribution < 1.29 is 9.53 Å². The monoisotopic (exact) mass is 447 g/mol. The molecule has 1 aliphatic heterocycles. The third-order valence-corrected chi connectivity index (χ3v) is 5.92. The largest absolute Gasteiger partial charge is 0.444 e. The molecule has 0 atom stereocenters. The van der Waals surface area contributed by atoms with E-state index in [-0.39, 0.29) is 24.7 Å². The van der Waals surface area contributed by atoms with Gasteiger partial charge >= 0.3 is 11.8 Å². The van der Waals surface area contributed by atoms with Gasteiger partial charge in [0.2, 0.25) is 0 Å². The third kappa shape index (κ3) is 4.48. The summed E-state index contributed by atoms with van der Waals surface area (Å²) >= 11 is 1.60. The summed E-state index contributed by atoms with van der Waals surface area (Å²) < 4.78 is 7.98. The number of hydrogen-bond acceptors (Lipinski definition) is 6. The van der Waals surface area contributed by atoms with Crippen molar-refractivity contribution in [3.63, 3.8) is 0 Å². The summed E-state index contributed by atoms with van der Waals surface area (Å²) in [4.78, 5) is 26.1. The lowest BCUT2D eigenvalue weighted by Crippen LogP contribution is -2.26. The fraction of sp³-hybridized carbons (Fsp3) is 0.250. The van der Waals surface area contributed by atoms with Crippen LogP contribution in [-0.4, -0.2) is 27.0 Å². The number of thiophene rings is 1. The van der Waals surface area contributed by atoms with Gasteiger partial charge in [0, 0.05) is 21.9 Å². The number of carbonyl (C=O) groups is 1. The van der Waals surface area contributed by atoms with E-state index >= 15 is 0 Å². The Morgan fingerprint density at radius 1 is 1.33 bits per heavy atom. The number of halogens is 1. The maximum Gasteiger partial charge on any atom is 0.411 e. The molecule has 0 radical (unpaired) electrons. The minimum atomic E-state index is -0.436. The standard InChI is InChI=1S/C20H21N5O3S.ClH/c1-2-13(8-21)9-25-20(27)24(12-22-25)10-16-5-6-18(29-16)14-3-4-15-11-28-19(26)23-17(15)7-14;/h2-7,12H,8-11,21H2,1H3,(H,23,26);1H/b13-2-;. The molecule has 10 heteroatoms. The number of benzene rings is 1. The van der Waals surface area contributed by atoms with E-state index < -0.39 is 6.09 Å². The second-order valence-electron chi connectivity index (χ2n) is 6.69. The summed E-state index contributed by atoms with van der Waals surface area (Å²) in [5, 5.41) is 6.92. The van der Waals surface area contributed by atoms with E-state index in [4.69, 9.17) is 10.5 Å². The van der Waals surface area contributed by atoms with Crippen molar-refractivity contribution in [2.75, 3.05) is 11.9 Å². The molecule has 0 fully saturated rings. The first-order valence-electron chi connectivity index (χ1n) is 9.19. The molecule has 0 bridgehead atoms. The summed E-state index contributed by atoms with van der Waals surface area (Å²) in [6, 6.07) is 9.92. The van der Waals surface area contributed by atoms with Crippen LogP contribution in [0.15, 0.2) is 53.1 Å². The molecule has 2 aromatic heterocycles. The number of amides is 1. The first-order valence-corrected chi connectivity index (χ1v) is 10.0. The number of fused-ring (bicyclic) bond motifs is 1. The Kier molecular flexibility index (Phi) is 6.76. The quantitative estimate of drug-likeness (QED) is 0.564. The molecular weight excluding hydrogens is 426 g/mol. The van der Waals surface area contributed by atoms with Crippen LogP contribution in [0.5, 0.6) is 0 Å². The first-order chi connectivity index (χ1) is 14.1. The second-order valence-corrected chi connectivity index (χ2v) is 7.86. The van der Waals surface area contributed by atoms with Gasteiger partial charge in [-0.2, -0.15) is 5.10 Å². The SMILES string of the molecule is C/C=C(/CN)Cn1ncn(Cc2ccc(-c3ccc4c(c3)NC(=O)OC4)s2)c1=O.Cl. The van der Waals surface area contributed by atoms with Crippen molar-refractivity contribution in [1.82, 2.24) is 14.3 Å². The molecule has 3 aromatic rings. The molecule has 0 saturated carbocycles. The fourth-order valence-corrected chi connectivity index (χ4v) is 4.10. The number of aromatic nitrogens is 3. The second kappa shape index (κ2) is 9.29. The van der Waals surface area contributed by atoms with Crippen LogP contribution in [0.1, 0.15) is 17.4 Å². The Morgan fingerprint density at radius 2 is 2.17 bits per heavy atom. The molecule has 30 heavy (non-hydrogen) atoms. The minimum absolute atomic E-state index is 0. The first kappa shape index (κ1) is 21.8. The van der Waals surface area contributed by atoms with Crippen LogP contribution in [-0.2, 0) is 24.4 Å². The van der Waals surface area contributed by atoms with Gasteiger partial charge in [0.15, 0.2) is 0 Å². The van der Waals surface area contributed by atoms with E-state index in [1.54, 1.807) is 22.2 Å². The molecule has 1 aliphatic rings. The summed E-state index contributed by atoms with van der Waals surface area (Å²) in [5.74, 6) is 0. The zero-order valence-corrected chi connectivity index (χ0v) is 18.0. The molecule has 0 unspecified atom stereocenters. The molecular formula is C20H22ClN5O3S. The predicted molar refractivity (Wildman–Crippen MR) is 119 cm³/mol. The van der Waals surface area contributed by atoms with E-state index in [9.17, 15) is 9.59 Å². The Balaban J connectivity index is 0.00000256. The lowest BCUT2D eigenvalue weighted by Gasteiger charge is -2.17. The molecule has 0 spiro atoms. The predicted octanol–water partition coefficient (Wildman–Crippen LogP) is 3.21. The molecule has 0 aliphatic carbocycles. The van der Waals surface area contributed by atoms with Crippen molar-refractivity contribution in [2.24, 2.45) is 5.73 Å². The number of hydrogen-bond donors (Lipinski definition) is 2. The Morgan fingerprint density at radius 3 is 2.93 bits per heavy atom. The van der Waals surface area contributed by atoms with Crippen LogP contribution in [0, 0.1) is 0 Å². The number of ether oxygens (including phenoxy) is 1. The molecule has 0 saturated heterocycles. The van der Waals surface area contributed by atoms with Crippen LogP contribution < -0.4 is 16.7 Å². The summed E-state index contributed by atoms with van der Waals surface area (Å²) in [6.07, 6.45) is 3.03. The van der Waals surface area contributed by atoms with Gasteiger partial charge in [-0.15, -0.1) is 23.7 Å². The number of nitrogens with two attached hydrogens (primary N) is 1. The average molecular weight is 448 g/mol. The van der Waals surface area contributed by atoms with E-state index in [0.29, 0.717) is 19.6 Å². The summed E-state index contributed by atoms with van der Waals surface area (Å²) in [5.41, 5.74) is 9.19. The Bertz CT molecular complexity index is 1150.